The molecule has 11 nitrogen and oxygen atoms in total. The van der Waals surface area contributed by atoms with E-state index in [9.17, 15) is 19.2 Å². The summed E-state index contributed by atoms with van der Waals surface area (Å²) in [5.41, 5.74) is 4.24. The highest BCUT2D eigenvalue weighted by Crippen LogP contribution is 2.26. The van der Waals surface area contributed by atoms with Crippen molar-refractivity contribution in [2.75, 3.05) is 56.5 Å². The van der Waals surface area contributed by atoms with Gasteiger partial charge in [-0.05, 0) is 75.9 Å². The zero-order valence-electron chi connectivity index (χ0n) is 26.9. The minimum atomic E-state index is -0.647. The van der Waals surface area contributed by atoms with E-state index in [-0.39, 0.29) is 43.9 Å². The molecule has 238 valence electrons. The predicted octanol–water partition coefficient (Wildman–Crippen LogP) is 4.01. The van der Waals surface area contributed by atoms with Crippen LogP contribution in [-0.2, 0) is 32.2 Å². The van der Waals surface area contributed by atoms with Crippen molar-refractivity contribution < 1.29 is 23.9 Å². The van der Waals surface area contributed by atoms with Crippen LogP contribution in [0.15, 0.2) is 42.5 Å². The minimum absolute atomic E-state index is 0.0342. The minimum Gasteiger partial charge on any atom is -0.444 e. The summed E-state index contributed by atoms with van der Waals surface area (Å²) in [6.07, 6.45) is 0.950. The van der Waals surface area contributed by atoms with E-state index >= 15 is 0 Å². The summed E-state index contributed by atoms with van der Waals surface area (Å²) in [6.45, 7) is 11.8. The first-order valence-corrected chi connectivity index (χ1v) is 15.3. The van der Waals surface area contributed by atoms with Gasteiger partial charge in [0.05, 0.1) is 6.54 Å². The first-order valence-electron chi connectivity index (χ1n) is 15.3. The molecule has 0 saturated carbocycles. The molecular formula is C33H46N6O5. The molecule has 0 aliphatic carbocycles. The molecule has 0 bridgehead atoms. The summed E-state index contributed by atoms with van der Waals surface area (Å²) in [5.74, 6) is -0.368. The van der Waals surface area contributed by atoms with Gasteiger partial charge in [-0.25, -0.2) is 9.80 Å². The Balaban J connectivity index is 1.43. The largest absolute Gasteiger partial charge is 0.444 e. The van der Waals surface area contributed by atoms with Crippen LogP contribution in [0.5, 0.6) is 0 Å². The van der Waals surface area contributed by atoms with Crippen molar-refractivity contribution in [1.29, 1.82) is 0 Å². The number of carbonyl (C=O) groups excluding carboxylic acids is 4. The topological polar surface area (TPSA) is 106 Å². The van der Waals surface area contributed by atoms with Crippen LogP contribution < -0.4 is 10.2 Å². The Morgan fingerprint density at radius 3 is 2.20 bits per heavy atom. The van der Waals surface area contributed by atoms with Crippen LogP contribution in [-0.4, -0.2) is 95.5 Å². The first-order chi connectivity index (χ1) is 20.9. The van der Waals surface area contributed by atoms with Gasteiger partial charge in [-0.15, -0.1) is 0 Å². The van der Waals surface area contributed by atoms with Gasteiger partial charge in [0.15, 0.2) is 0 Å². The van der Waals surface area contributed by atoms with Crippen molar-refractivity contribution in [2.45, 2.75) is 66.2 Å². The molecule has 0 unspecified atom stereocenters. The lowest BCUT2D eigenvalue weighted by Gasteiger charge is -2.32. The lowest BCUT2D eigenvalue weighted by molar-refractivity contribution is -0.151. The highest BCUT2D eigenvalue weighted by atomic mass is 16.6. The molecule has 4 rings (SSSR count). The second-order valence-corrected chi connectivity index (χ2v) is 12.4. The smallest absolute Gasteiger partial charge is 0.410 e. The number of likely N-dealkylation sites (N-methyl/N-ethyl adjacent to an activating group) is 2. The molecule has 44 heavy (non-hydrogen) atoms. The molecule has 2 heterocycles. The Kier molecular flexibility index (Phi) is 10.5. The lowest BCUT2D eigenvalue weighted by Crippen LogP contribution is -2.50. The van der Waals surface area contributed by atoms with Gasteiger partial charge >= 0.3 is 6.09 Å². The molecule has 1 fully saturated rings. The van der Waals surface area contributed by atoms with Gasteiger partial charge in [-0.3, -0.25) is 19.4 Å². The molecular weight excluding hydrogens is 560 g/mol. The number of carbonyl (C=O) groups is 4. The van der Waals surface area contributed by atoms with Gasteiger partial charge < -0.3 is 24.8 Å². The fourth-order valence-electron chi connectivity index (χ4n) is 5.41. The Hall–Kier alpha value is -4.12. The van der Waals surface area contributed by atoms with Crippen LogP contribution in [0.2, 0.25) is 0 Å². The summed E-state index contributed by atoms with van der Waals surface area (Å²) in [4.78, 5) is 56.8. The maximum atomic E-state index is 13.6. The second-order valence-electron chi connectivity index (χ2n) is 12.4. The van der Waals surface area contributed by atoms with E-state index in [0.29, 0.717) is 32.6 Å². The summed E-state index contributed by atoms with van der Waals surface area (Å²) >= 11 is 0. The Morgan fingerprint density at radius 1 is 0.977 bits per heavy atom. The third kappa shape index (κ3) is 8.28. The Morgan fingerprint density at radius 2 is 1.64 bits per heavy atom. The van der Waals surface area contributed by atoms with Gasteiger partial charge in [0.25, 0.3) is 5.91 Å². The zero-order valence-corrected chi connectivity index (χ0v) is 26.9. The van der Waals surface area contributed by atoms with E-state index in [1.54, 1.807) is 17.0 Å². The molecule has 1 N–H and O–H groups in total. The van der Waals surface area contributed by atoms with E-state index in [1.807, 2.05) is 70.0 Å². The average Bonchev–Trinajstić information content (AvgIpc) is 3.60. The van der Waals surface area contributed by atoms with E-state index in [0.717, 1.165) is 23.4 Å². The van der Waals surface area contributed by atoms with Crippen LogP contribution in [0.25, 0.3) is 0 Å². The lowest BCUT2D eigenvalue weighted by atomic mass is 10.1. The average molecular weight is 607 g/mol. The van der Waals surface area contributed by atoms with Crippen LogP contribution in [0.1, 0.15) is 57.2 Å². The molecule has 2 aliphatic heterocycles. The number of ether oxygens (including phenoxy) is 1. The number of nitrogens with zero attached hydrogens (tertiary/aromatic N) is 5. The molecule has 1 saturated heterocycles. The van der Waals surface area contributed by atoms with Crippen LogP contribution in [0.3, 0.4) is 0 Å². The third-order valence-corrected chi connectivity index (χ3v) is 7.99. The predicted molar refractivity (Wildman–Crippen MR) is 170 cm³/mol. The second kappa shape index (κ2) is 14.1. The van der Waals surface area contributed by atoms with Gasteiger partial charge in [-0.1, -0.05) is 24.3 Å². The van der Waals surface area contributed by atoms with Crippen molar-refractivity contribution in [1.82, 2.24) is 19.8 Å². The van der Waals surface area contributed by atoms with Gasteiger partial charge in [0.1, 0.15) is 12.1 Å². The SMILES string of the molecule is CCN(CCN(CC(=O)N(C)N1Cc2ccccc2C1)C(=O)CNc1ccc(N2CCCC2=O)cc1C)C(=O)OC(C)(C)C. The summed E-state index contributed by atoms with van der Waals surface area (Å²) in [7, 11) is 1.73. The maximum Gasteiger partial charge on any atom is 0.410 e. The molecule has 2 aliphatic rings. The van der Waals surface area contributed by atoms with E-state index in [1.165, 1.54) is 20.9 Å². The summed E-state index contributed by atoms with van der Waals surface area (Å²) in [5, 5.41) is 6.76. The van der Waals surface area contributed by atoms with Gasteiger partial charge in [-0.2, -0.15) is 0 Å². The first kappa shape index (κ1) is 32.8. The number of fused-ring (bicyclic) bond motifs is 1. The zero-order chi connectivity index (χ0) is 32.0. The van der Waals surface area contributed by atoms with Crippen molar-refractivity contribution in [3.05, 3.63) is 59.2 Å². The molecule has 11 heteroatoms. The summed E-state index contributed by atoms with van der Waals surface area (Å²) in [6, 6.07) is 13.8. The van der Waals surface area contributed by atoms with Crippen LogP contribution >= 0.6 is 0 Å². The molecule has 2 aromatic carbocycles. The van der Waals surface area contributed by atoms with Crippen molar-refractivity contribution >= 4 is 35.2 Å². The monoisotopic (exact) mass is 606 g/mol. The van der Waals surface area contributed by atoms with Crippen molar-refractivity contribution in [2.24, 2.45) is 0 Å². The molecule has 0 atom stereocenters. The summed E-state index contributed by atoms with van der Waals surface area (Å²) < 4.78 is 5.54. The number of aryl methyl sites for hydroxylation is 1. The number of amides is 4. The highest BCUT2D eigenvalue weighted by Gasteiger charge is 2.28. The number of benzene rings is 2. The molecule has 0 radical (unpaired) electrons. The van der Waals surface area contributed by atoms with E-state index in [2.05, 4.69) is 17.4 Å². The van der Waals surface area contributed by atoms with Crippen LogP contribution in [0, 0.1) is 6.92 Å². The fourth-order valence-corrected chi connectivity index (χ4v) is 5.41. The molecule has 0 aromatic heterocycles. The fraction of sp³-hybridized carbons (Fsp3) is 0.515. The number of rotatable bonds is 11. The molecule has 0 spiro atoms. The number of hydrazine groups is 1. The normalized spacial score (nSPS) is 14.8. The number of nitrogens with one attached hydrogen (secondary N) is 1. The number of hydrogen-bond acceptors (Lipinski definition) is 7. The van der Waals surface area contributed by atoms with Gasteiger partial charge in [0.2, 0.25) is 11.8 Å². The quantitative estimate of drug-likeness (QED) is 0.412. The van der Waals surface area contributed by atoms with E-state index < -0.39 is 11.7 Å². The van der Waals surface area contributed by atoms with Gasteiger partial charge in [0, 0.05) is 64.1 Å². The maximum absolute atomic E-state index is 13.6. The third-order valence-electron chi connectivity index (χ3n) is 7.99. The number of anilines is 2. The molecule has 2 aromatic rings. The van der Waals surface area contributed by atoms with E-state index in [4.69, 9.17) is 4.74 Å². The van der Waals surface area contributed by atoms with Crippen molar-refractivity contribution in [3.63, 3.8) is 0 Å². The molecule has 4 amide bonds. The highest BCUT2D eigenvalue weighted by molar-refractivity contribution is 5.95. The number of hydrogen-bond donors (Lipinski definition) is 1. The Labute approximate surface area is 260 Å². The van der Waals surface area contributed by atoms with Crippen LogP contribution in [0.4, 0.5) is 16.2 Å². The van der Waals surface area contributed by atoms with Crippen molar-refractivity contribution in [3.8, 4) is 0 Å². The standard InChI is InChI=1S/C33H46N6O5/c1-7-36(32(43)44-33(3,4)5)17-18-37(23-31(42)35(6)38-21-25-11-8-9-12-26(25)22-38)30(41)20-34-28-15-14-27(19-24(28)2)39-16-10-13-29(39)40/h8-9,11-12,14-15,19,34H,7,10,13,16-18,20-23H2,1-6H3. The Bertz CT molecular complexity index is 1350.